The summed E-state index contributed by atoms with van der Waals surface area (Å²) in [6, 6.07) is 11.5. The fraction of sp³-hybridized carbons (Fsp3) is 0.447. The van der Waals surface area contributed by atoms with Gasteiger partial charge in [0.25, 0.3) is 17.4 Å². The molecule has 4 aliphatic heterocycles. The van der Waals surface area contributed by atoms with E-state index >= 15 is 0 Å². The Morgan fingerprint density at radius 1 is 0.964 bits per heavy atom. The van der Waals surface area contributed by atoms with Crippen molar-refractivity contribution in [2.75, 3.05) is 46.2 Å². The molecular weight excluding hydrogens is 718 g/mol. The van der Waals surface area contributed by atoms with E-state index in [9.17, 15) is 28.8 Å². The first-order valence-corrected chi connectivity index (χ1v) is 18.3. The number of hydrogen-bond acceptors (Lipinski definition) is 15. The molecule has 6 heterocycles. The zero-order chi connectivity index (χ0) is 38.5. The fourth-order valence-corrected chi connectivity index (χ4v) is 6.82. The molecule has 0 aliphatic carbocycles. The first-order valence-electron chi connectivity index (χ1n) is 18.3. The van der Waals surface area contributed by atoms with Crippen LogP contribution in [-0.2, 0) is 71.2 Å². The standard InChI is InChI=1S/C38H41N5O12/c1-2-38(26-19-29-34-24(18-23-6-3-4-7-27(23)40-34)20-42(29)36(48)25(26)21-53-37(38)49)54-32(46)9-5-8-28-35(41-28)39-12-13-50-14-15-51-16-17-52-22-33(47)55-43-30(44)10-11-31(43)45/h3-4,6-7,18-19,39,41H,2,5,8-17,20-22H2,1H3. The molecular formula is C38H41N5O12. The predicted molar refractivity (Wildman–Crippen MR) is 190 cm³/mol. The molecule has 17 heteroatoms. The van der Waals surface area contributed by atoms with Crippen LogP contribution in [0, 0.1) is 0 Å². The molecule has 1 fully saturated rings. The molecule has 1 unspecified atom stereocenters. The molecule has 3 aromatic rings. The summed E-state index contributed by atoms with van der Waals surface area (Å²) in [5.74, 6) is -2.34. The number of para-hydroxylation sites is 1. The number of hydrogen-bond donors (Lipinski definition) is 2. The van der Waals surface area contributed by atoms with Crippen molar-refractivity contribution < 1.29 is 52.5 Å². The Balaban J connectivity index is 0.808. The van der Waals surface area contributed by atoms with Gasteiger partial charge < -0.3 is 43.7 Å². The quantitative estimate of drug-likeness (QED) is 0.0793. The molecule has 1 atom stereocenters. The SMILES string of the molecule is CCC1(OC(=O)CCCC2=C(NCCOCCOCCOCC(=O)ON3C(=O)CCC3=O)N2)C(=O)OCc2c1cc1n(c2=O)Cc2cc3ccccc3nc2-1. The van der Waals surface area contributed by atoms with Crippen molar-refractivity contribution in [1.82, 2.24) is 25.2 Å². The van der Waals surface area contributed by atoms with E-state index < -0.39 is 41.9 Å². The van der Waals surface area contributed by atoms with Crippen LogP contribution in [0.3, 0.4) is 0 Å². The van der Waals surface area contributed by atoms with Crippen LogP contribution in [0.25, 0.3) is 22.3 Å². The number of rotatable bonds is 19. The normalized spacial score (nSPS) is 18.1. The van der Waals surface area contributed by atoms with E-state index in [1.54, 1.807) is 17.6 Å². The number of aromatic nitrogens is 2. The maximum Gasteiger partial charge on any atom is 0.358 e. The van der Waals surface area contributed by atoms with Crippen LogP contribution in [0.15, 0.2) is 52.7 Å². The Morgan fingerprint density at radius 3 is 2.49 bits per heavy atom. The van der Waals surface area contributed by atoms with Gasteiger partial charge >= 0.3 is 17.9 Å². The highest BCUT2D eigenvalue weighted by Crippen LogP contribution is 2.41. The lowest BCUT2D eigenvalue weighted by Gasteiger charge is -2.35. The van der Waals surface area contributed by atoms with E-state index in [4.69, 9.17) is 33.5 Å². The number of carbonyl (C=O) groups excluding carboxylic acids is 5. The summed E-state index contributed by atoms with van der Waals surface area (Å²) in [6.45, 7) is 3.44. The third-order valence-electron chi connectivity index (χ3n) is 9.71. The second kappa shape index (κ2) is 16.4. The summed E-state index contributed by atoms with van der Waals surface area (Å²) in [6.07, 6.45) is 1.27. The number of hydroxylamine groups is 2. The van der Waals surface area contributed by atoms with Crippen molar-refractivity contribution in [3.8, 4) is 11.4 Å². The Bertz CT molecular complexity index is 2110. The zero-order valence-electron chi connectivity index (χ0n) is 30.3. The van der Waals surface area contributed by atoms with Gasteiger partial charge in [0.1, 0.15) is 19.0 Å². The van der Waals surface area contributed by atoms with Gasteiger partial charge in [0.2, 0.25) is 5.60 Å². The second-order valence-corrected chi connectivity index (χ2v) is 13.3. The maximum absolute atomic E-state index is 13.7. The summed E-state index contributed by atoms with van der Waals surface area (Å²) in [7, 11) is 0. The number of nitrogens with zero attached hydrogens (tertiary/aromatic N) is 3. The van der Waals surface area contributed by atoms with Crippen molar-refractivity contribution in [2.45, 2.75) is 64.2 Å². The van der Waals surface area contributed by atoms with Gasteiger partial charge in [0.05, 0.1) is 67.7 Å². The van der Waals surface area contributed by atoms with Crippen LogP contribution in [0.1, 0.15) is 62.1 Å². The zero-order valence-corrected chi connectivity index (χ0v) is 30.3. The van der Waals surface area contributed by atoms with Crippen molar-refractivity contribution in [2.24, 2.45) is 0 Å². The van der Waals surface area contributed by atoms with E-state index in [0.717, 1.165) is 28.0 Å². The van der Waals surface area contributed by atoms with Gasteiger partial charge in [-0.15, -0.1) is 5.06 Å². The number of carbonyl (C=O) groups is 5. The summed E-state index contributed by atoms with van der Waals surface area (Å²) in [5.41, 5.74) is 2.53. The number of fused-ring (bicyclic) bond motifs is 5. The monoisotopic (exact) mass is 759 g/mol. The Hall–Kier alpha value is -5.65. The Labute approximate surface area is 314 Å². The van der Waals surface area contributed by atoms with Gasteiger partial charge in [-0.1, -0.05) is 25.1 Å². The highest BCUT2D eigenvalue weighted by atomic mass is 16.7. The molecule has 0 spiro atoms. The molecule has 1 saturated heterocycles. The minimum Gasteiger partial charge on any atom is -0.457 e. The molecule has 0 radical (unpaired) electrons. The van der Waals surface area contributed by atoms with E-state index in [0.29, 0.717) is 73.3 Å². The third kappa shape index (κ3) is 8.08. The fourth-order valence-electron chi connectivity index (χ4n) is 6.82. The molecule has 0 saturated carbocycles. The molecule has 17 nitrogen and oxygen atoms in total. The van der Waals surface area contributed by atoms with Crippen LogP contribution in [0.5, 0.6) is 0 Å². The van der Waals surface area contributed by atoms with Crippen molar-refractivity contribution >= 4 is 40.6 Å². The predicted octanol–water partition coefficient (Wildman–Crippen LogP) is 1.82. The largest absolute Gasteiger partial charge is 0.457 e. The molecule has 55 heavy (non-hydrogen) atoms. The van der Waals surface area contributed by atoms with Gasteiger partial charge in [-0.05, 0) is 37.5 Å². The van der Waals surface area contributed by atoms with Crippen LogP contribution >= 0.6 is 0 Å². The molecule has 2 aromatic heterocycles. The van der Waals surface area contributed by atoms with Gasteiger partial charge in [-0.2, -0.15) is 0 Å². The smallest absolute Gasteiger partial charge is 0.358 e. The maximum atomic E-state index is 13.7. The Morgan fingerprint density at radius 2 is 1.71 bits per heavy atom. The van der Waals surface area contributed by atoms with Crippen molar-refractivity contribution in [3.05, 3.63) is 75.0 Å². The van der Waals surface area contributed by atoms with Crippen LogP contribution in [0.2, 0.25) is 0 Å². The second-order valence-electron chi connectivity index (χ2n) is 13.3. The van der Waals surface area contributed by atoms with Gasteiger partial charge in [-0.25, -0.2) is 14.6 Å². The number of pyridine rings is 2. The summed E-state index contributed by atoms with van der Waals surface area (Å²) >= 11 is 0. The molecule has 2 N–H and O–H groups in total. The number of amides is 2. The molecule has 7 rings (SSSR count). The van der Waals surface area contributed by atoms with E-state index in [-0.39, 0.29) is 51.1 Å². The number of esters is 2. The van der Waals surface area contributed by atoms with Crippen LogP contribution in [0.4, 0.5) is 0 Å². The number of cyclic esters (lactones) is 1. The average molecular weight is 760 g/mol. The lowest BCUT2D eigenvalue weighted by Crippen LogP contribution is -2.47. The first kappa shape index (κ1) is 37.7. The third-order valence-corrected chi connectivity index (χ3v) is 9.71. The van der Waals surface area contributed by atoms with Crippen molar-refractivity contribution in [3.63, 3.8) is 0 Å². The number of allylic oxidation sites excluding steroid dienone is 1. The summed E-state index contributed by atoms with van der Waals surface area (Å²) in [5, 5.41) is 7.83. The molecule has 2 amide bonds. The number of benzene rings is 1. The molecule has 1 aromatic carbocycles. The summed E-state index contributed by atoms with van der Waals surface area (Å²) in [4.78, 5) is 84.4. The Kier molecular flexibility index (Phi) is 11.2. The molecule has 4 aliphatic rings. The van der Waals surface area contributed by atoms with Crippen molar-refractivity contribution in [1.29, 1.82) is 0 Å². The highest BCUT2D eigenvalue weighted by molar-refractivity contribution is 6.01. The summed E-state index contributed by atoms with van der Waals surface area (Å²) < 4.78 is 29.1. The van der Waals surface area contributed by atoms with Crippen LogP contribution < -0.4 is 16.2 Å². The topological polar surface area (TPSA) is 213 Å². The minimum absolute atomic E-state index is 0.0236. The molecule has 0 bridgehead atoms. The van der Waals surface area contributed by atoms with Gasteiger partial charge in [0.15, 0.2) is 0 Å². The van der Waals surface area contributed by atoms with E-state index in [1.807, 2.05) is 30.3 Å². The number of ether oxygens (including phenoxy) is 5. The number of imide groups is 1. The number of nitrogens with one attached hydrogen (secondary N) is 2. The lowest BCUT2D eigenvalue weighted by atomic mass is 9.85. The van der Waals surface area contributed by atoms with E-state index in [2.05, 4.69) is 10.6 Å². The first-order chi connectivity index (χ1) is 26.7. The van der Waals surface area contributed by atoms with E-state index in [1.165, 1.54) is 0 Å². The molecule has 290 valence electrons. The van der Waals surface area contributed by atoms with Crippen LogP contribution in [-0.4, -0.2) is 90.5 Å². The lowest BCUT2D eigenvalue weighted by molar-refractivity contribution is -0.200. The minimum atomic E-state index is -1.74. The highest BCUT2D eigenvalue weighted by Gasteiger charge is 2.50. The van der Waals surface area contributed by atoms with Gasteiger partial charge in [0, 0.05) is 42.3 Å². The average Bonchev–Trinajstić information content (AvgIpc) is 3.72. The van der Waals surface area contributed by atoms with Gasteiger partial charge in [-0.3, -0.25) is 19.2 Å².